The predicted octanol–water partition coefficient (Wildman–Crippen LogP) is 5.04. The molecule has 2 N–H and O–H groups in total. The number of hydrogen-bond donors (Lipinski definition) is 2. The van der Waals surface area contributed by atoms with Crippen LogP contribution in [-0.4, -0.2) is 44.1 Å². The van der Waals surface area contributed by atoms with Crippen LogP contribution in [0.5, 0.6) is 17.2 Å². The lowest BCUT2D eigenvalue weighted by atomic mass is 9.88. The van der Waals surface area contributed by atoms with Gasteiger partial charge in [0.1, 0.15) is 30.0 Å². The van der Waals surface area contributed by atoms with Crippen LogP contribution in [0.3, 0.4) is 0 Å². The number of aliphatic hydroxyl groups excluding tert-OH is 1. The van der Waals surface area contributed by atoms with Gasteiger partial charge in [-0.3, -0.25) is 0 Å². The standard InChI is InChI=1S/C28H35NO4/c1-3-31-26-14-10-22(11-15-26)28(23-12-16-27(17-13-23)32-4-2)18-19-29-20-24(30)21-33-25-8-6-5-7-9-25/h5-17,24,28-30H,3-4,18-21H2,1-2H3/t24-/m0/s1. The van der Waals surface area contributed by atoms with E-state index in [9.17, 15) is 5.11 Å². The van der Waals surface area contributed by atoms with E-state index in [0.717, 1.165) is 30.2 Å². The van der Waals surface area contributed by atoms with Crippen LogP contribution in [0.25, 0.3) is 0 Å². The summed E-state index contributed by atoms with van der Waals surface area (Å²) in [6.07, 6.45) is 0.327. The van der Waals surface area contributed by atoms with E-state index in [2.05, 4.69) is 29.6 Å². The number of ether oxygens (including phenoxy) is 3. The minimum atomic E-state index is -0.570. The molecule has 0 unspecified atom stereocenters. The number of benzene rings is 3. The molecule has 0 fully saturated rings. The smallest absolute Gasteiger partial charge is 0.119 e. The Morgan fingerprint density at radius 3 is 1.73 bits per heavy atom. The van der Waals surface area contributed by atoms with Gasteiger partial charge < -0.3 is 24.6 Å². The number of hydrogen-bond acceptors (Lipinski definition) is 5. The summed E-state index contributed by atoms with van der Waals surface area (Å²) in [5.41, 5.74) is 2.47. The first-order valence-corrected chi connectivity index (χ1v) is 11.7. The molecular formula is C28H35NO4. The Kier molecular flexibility index (Phi) is 10.1. The molecule has 0 saturated heterocycles. The molecule has 0 radical (unpaired) electrons. The Morgan fingerprint density at radius 2 is 1.21 bits per heavy atom. The minimum absolute atomic E-state index is 0.224. The molecule has 0 aliphatic heterocycles. The van der Waals surface area contributed by atoms with Crippen molar-refractivity contribution >= 4 is 0 Å². The third-order valence-corrected chi connectivity index (χ3v) is 5.36. The maximum atomic E-state index is 10.3. The quantitative estimate of drug-likeness (QED) is 0.338. The molecule has 0 aliphatic rings. The largest absolute Gasteiger partial charge is 0.494 e. The highest BCUT2D eigenvalue weighted by Crippen LogP contribution is 2.30. The van der Waals surface area contributed by atoms with Gasteiger partial charge in [0.15, 0.2) is 0 Å². The van der Waals surface area contributed by atoms with Gasteiger partial charge in [-0.1, -0.05) is 42.5 Å². The highest BCUT2D eigenvalue weighted by atomic mass is 16.5. The second kappa shape index (κ2) is 13.5. The van der Waals surface area contributed by atoms with Crippen LogP contribution in [-0.2, 0) is 0 Å². The fourth-order valence-corrected chi connectivity index (χ4v) is 3.73. The lowest BCUT2D eigenvalue weighted by Gasteiger charge is -2.20. The lowest BCUT2D eigenvalue weighted by Crippen LogP contribution is -2.32. The summed E-state index contributed by atoms with van der Waals surface area (Å²) in [7, 11) is 0. The monoisotopic (exact) mass is 449 g/mol. The Labute approximate surface area is 197 Å². The Morgan fingerprint density at radius 1 is 0.697 bits per heavy atom. The summed E-state index contributed by atoms with van der Waals surface area (Å²) in [5, 5.41) is 13.6. The molecule has 0 aromatic heterocycles. The van der Waals surface area contributed by atoms with E-state index >= 15 is 0 Å². The van der Waals surface area contributed by atoms with Crippen molar-refractivity contribution in [3.8, 4) is 17.2 Å². The van der Waals surface area contributed by atoms with Crippen molar-refractivity contribution < 1.29 is 19.3 Å². The predicted molar refractivity (Wildman–Crippen MR) is 132 cm³/mol. The van der Waals surface area contributed by atoms with Gasteiger partial charge in [-0.05, 0) is 74.3 Å². The maximum Gasteiger partial charge on any atom is 0.119 e. The van der Waals surface area contributed by atoms with Gasteiger partial charge >= 0.3 is 0 Å². The van der Waals surface area contributed by atoms with Crippen LogP contribution in [0.15, 0.2) is 78.9 Å². The molecule has 5 heteroatoms. The molecule has 3 aromatic carbocycles. The van der Waals surface area contributed by atoms with Crippen molar-refractivity contribution in [3.05, 3.63) is 90.0 Å². The molecule has 176 valence electrons. The van der Waals surface area contributed by atoms with Gasteiger partial charge in [0.25, 0.3) is 0 Å². The zero-order valence-electron chi connectivity index (χ0n) is 19.6. The summed E-state index contributed by atoms with van der Waals surface area (Å²) >= 11 is 0. The normalized spacial score (nSPS) is 11.9. The molecule has 1 atom stereocenters. The highest BCUT2D eigenvalue weighted by Gasteiger charge is 2.15. The number of para-hydroxylation sites is 1. The number of nitrogens with one attached hydrogen (secondary N) is 1. The van der Waals surface area contributed by atoms with Crippen LogP contribution >= 0.6 is 0 Å². The van der Waals surface area contributed by atoms with E-state index in [4.69, 9.17) is 14.2 Å². The van der Waals surface area contributed by atoms with Crippen molar-refractivity contribution in [3.63, 3.8) is 0 Å². The van der Waals surface area contributed by atoms with Gasteiger partial charge in [-0.15, -0.1) is 0 Å². The van der Waals surface area contributed by atoms with E-state index < -0.39 is 6.10 Å². The number of aliphatic hydroxyl groups is 1. The molecular weight excluding hydrogens is 414 g/mol. The van der Waals surface area contributed by atoms with Crippen LogP contribution < -0.4 is 19.5 Å². The lowest BCUT2D eigenvalue weighted by molar-refractivity contribution is 0.106. The fraction of sp³-hybridized carbons (Fsp3) is 0.357. The van der Waals surface area contributed by atoms with E-state index in [1.54, 1.807) is 0 Å². The SMILES string of the molecule is CCOc1ccc(C(CCNC[C@H](O)COc2ccccc2)c2ccc(OCC)cc2)cc1. The average molecular weight is 450 g/mol. The molecule has 0 bridgehead atoms. The first-order chi connectivity index (χ1) is 16.2. The molecule has 0 amide bonds. The van der Waals surface area contributed by atoms with E-state index in [1.807, 2.05) is 68.4 Å². The van der Waals surface area contributed by atoms with E-state index in [-0.39, 0.29) is 12.5 Å². The van der Waals surface area contributed by atoms with Crippen molar-refractivity contribution in [1.29, 1.82) is 0 Å². The van der Waals surface area contributed by atoms with Gasteiger partial charge in [-0.2, -0.15) is 0 Å². The van der Waals surface area contributed by atoms with E-state index in [1.165, 1.54) is 11.1 Å². The molecule has 5 nitrogen and oxygen atoms in total. The number of rotatable bonds is 14. The average Bonchev–Trinajstić information content (AvgIpc) is 2.85. The molecule has 33 heavy (non-hydrogen) atoms. The van der Waals surface area contributed by atoms with Gasteiger partial charge in [0.2, 0.25) is 0 Å². The zero-order chi connectivity index (χ0) is 23.3. The summed E-state index contributed by atoms with van der Waals surface area (Å²) in [4.78, 5) is 0. The Bertz CT molecular complexity index is 863. The maximum absolute atomic E-state index is 10.3. The summed E-state index contributed by atoms with van der Waals surface area (Å²) < 4.78 is 16.8. The molecule has 0 saturated carbocycles. The summed E-state index contributed by atoms with van der Waals surface area (Å²) in [6.45, 7) is 6.80. The third-order valence-electron chi connectivity index (χ3n) is 5.36. The topological polar surface area (TPSA) is 60.0 Å². The fourth-order valence-electron chi connectivity index (χ4n) is 3.73. The molecule has 0 aliphatic carbocycles. The highest BCUT2D eigenvalue weighted by molar-refractivity contribution is 5.38. The Balaban J connectivity index is 1.57. The first kappa shape index (κ1) is 24.6. The summed E-state index contributed by atoms with van der Waals surface area (Å²) in [5.74, 6) is 2.75. The van der Waals surface area contributed by atoms with Crippen LogP contribution in [0.2, 0.25) is 0 Å². The van der Waals surface area contributed by atoms with Crippen molar-refractivity contribution in [1.82, 2.24) is 5.32 Å². The second-order valence-electron chi connectivity index (χ2n) is 7.83. The summed E-state index contributed by atoms with van der Waals surface area (Å²) in [6, 6.07) is 26.2. The minimum Gasteiger partial charge on any atom is -0.494 e. The molecule has 0 spiro atoms. The zero-order valence-corrected chi connectivity index (χ0v) is 19.6. The van der Waals surface area contributed by atoms with Crippen molar-refractivity contribution in [2.24, 2.45) is 0 Å². The van der Waals surface area contributed by atoms with Gasteiger partial charge in [0, 0.05) is 12.5 Å². The molecule has 0 heterocycles. The van der Waals surface area contributed by atoms with Crippen molar-refractivity contribution in [2.75, 3.05) is 32.9 Å². The van der Waals surface area contributed by atoms with Crippen LogP contribution in [0, 0.1) is 0 Å². The van der Waals surface area contributed by atoms with Gasteiger partial charge in [-0.25, -0.2) is 0 Å². The molecule has 3 aromatic rings. The van der Waals surface area contributed by atoms with Gasteiger partial charge in [0.05, 0.1) is 13.2 Å². The Hall–Kier alpha value is -3.02. The van der Waals surface area contributed by atoms with Crippen LogP contribution in [0.4, 0.5) is 0 Å². The van der Waals surface area contributed by atoms with E-state index in [0.29, 0.717) is 19.8 Å². The third kappa shape index (κ3) is 8.12. The van der Waals surface area contributed by atoms with Crippen LogP contribution in [0.1, 0.15) is 37.3 Å². The molecule has 3 rings (SSSR count). The van der Waals surface area contributed by atoms with Crippen molar-refractivity contribution in [2.45, 2.75) is 32.3 Å². The first-order valence-electron chi connectivity index (χ1n) is 11.7. The second-order valence-corrected chi connectivity index (χ2v) is 7.83.